The predicted molar refractivity (Wildman–Crippen MR) is 102 cm³/mol. The Morgan fingerprint density at radius 1 is 0.962 bits per heavy atom. The van der Waals surface area contributed by atoms with Crippen LogP contribution in [-0.4, -0.2) is 22.9 Å². The third kappa shape index (κ3) is 3.80. The van der Waals surface area contributed by atoms with Gasteiger partial charge in [-0.1, -0.05) is 0 Å². The van der Waals surface area contributed by atoms with Crippen LogP contribution in [0.5, 0.6) is 0 Å². The van der Waals surface area contributed by atoms with E-state index < -0.39 is 0 Å². The minimum absolute atomic E-state index is 0.127. The van der Waals surface area contributed by atoms with Gasteiger partial charge in [-0.2, -0.15) is 0 Å². The van der Waals surface area contributed by atoms with Crippen LogP contribution in [0.4, 0.5) is 0 Å². The Kier molecular flexibility index (Phi) is 4.03. The zero-order valence-electron chi connectivity index (χ0n) is 17.2. The molecule has 4 saturated carbocycles. The van der Waals surface area contributed by atoms with Crippen molar-refractivity contribution in [1.29, 1.82) is 0 Å². The molecule has 2 N–H and O–H groups in total. The maximum absolute atomic E-state index is 12.5. The average Bonchev–Trinajstić information content (AvgIpc) is 3.27. The summed E-state index contributed by atoms with van der Waals surface area (Å²) in [6.45, 7) is 10.5. The molecule has 26 heavy (non-hydrogen) atoms. The molecule has 0 aromatic rings. The van der Waals surface area contributed by atoms with Gasteiger partial charge in [0.2, 0.25) is 11.8 Å². The molecule has 0 aromatic heterocycles. The highest BCUT2D eigenvalue weighted by atomic mass is 16.2. The van der Waals surface area contributed by atoms with Crippen molar-refractivity contribution in [3.63, 3.8) is 0 Å². The summed E-state index contributed by atoms with van der Waals surface area (Å²) in [5.74, 6) is 3.23. The van der Waals surface area contributed by atoms with Crippen molar-refractivity contribution in [3.05, 3.63) is 0 Å². The number of hydrogen-bond acceptors (Lipinski definition) is 2. The Morgan fingerprint density at radius 3 is 2.19 bits per heavy atom. The van der Waals surface area contributed by atoms with Crippen molar-refractivity contribution in [3.8, 4) is 0 Å². The molecule has 4 heteroatoms. The molecule has 4 rings (SSSR count). The third-order valence-electron chi connectivity index (χ3n) is 7.06. The Morgan fingerprint density at radius 2 is 1.62 bits per heavy atom. The molecule has 2 amide bonds. The number of hydrogen-bond donors (Lipinski definition) is 2. The van der Waals surface area contributed by atoms with Crippen LogP contribution in [0, 0.1) is 35.0 Å². The van der Waals surface area contributed by atoms with Crippen LogP contribution in [0.25, 0.3) is 0 Å². The first kappa shape index (κ1) is 18.3. The van der Waals surface area contributed by atoms with E-state index in [1.165, 1.54) is 12.8 Å². The molecule has 4 aliphatic carbocycles. The highest BCUT2D eigenvalue weighted by Gasteiger charge is 2.64. The van der Waals surface area contributed by atoms with E-state index in [4.69, 9.17) is 0 Å². The highest BCUT2D eigenvalue weighted by molar-refractivity contribution is 5.83. The molecule has 3 atom stereocenters. The van der Waals surface area contributed by atoms with Gasteiger partial charge in [-0.3, -0.25) is 9.59 Å². The van der Waals surface area contributed by atoms with Gasteiger partial charge in [0.15, 0.2) is 0 Å². The van der Waals surface area contributed by atoms with E-state index in [2.05, 4.69) is 24.5 Å². The van der Waals surface area contributed by atoms with E-state index in [0.717, 1.165) is 38.0 Å². The van der Waals surface area contributed by atoms with Crippen molar-refractivity contribution in [2.45, 2.75) is 90.6 Å². The molecule has 0 saturated heterocycles. The lowest BCUT2D eigenvalue weighted by Crippen LogP contribution is -2.48. The number of rotatable bonds is 6. The molecular weight excluding hydrogens is 324 g/mol. The lowest BCUT2D eigenvalue weighted by atomic mass is 9.66. The van der Waals surface area contributed by atoms with Crippen molar-refractivity contribution >= 4 is 11.8 Å². The zero-order valence-corrected chi connectivity index (χ0v) is 17.2. The molecule has 146 valence electrons. The van der Waals surface area contributed by atoms with Crippen molar-refractivity contribution in [2.24, 2.45) is 35.0 Å². The molecule has 0 aromatic carbocycles. The predicted octanol–water partition coefficient (Wildman–Crippen LogP) is 3.65. The van der Waals surface area contributed by atoms with Crippen LogP contribution in [0.2, 0.25) is 0 Å². The van der Waals surface area contributed by atoms with Crippen molar-refractivity contribution < 1.29 is 9.59 Å². The molecule has 0 unspecified atom stereocenters. The summed E-state index contributed by atoms with van der Waals surface area (Å²) >= 11 is 0. The number of amides is 2. The van der Waals surface area contributed by atoms with E-state index >= 15 is 0 Å². The topological polar surface area (TPSA) is 58.2 Å². The van der Waals surface area contributed by atoms with Gasteiger partial charge in [-0.15, -0.1) is 0 Å². The first-order valence-corrected chi connectivity index (χ1v) is 10.6. The maximum atomic E-state index is 12.5. The normalized spacial score (nSPS) is 38.5. The zero-order chi connectivity index (χ0) is 18.9. The minimum Gasteiger partial charge on any atom is -0.351 e. The summed E-state index contributed by atoms with van der Waals surface area (Å²) in [5, 5.41) is 6.46. The van der Waals surface area contributed by atoms with Gasteiger partial charge < -0.3 is 10.6 Å². The monoisotopic (exact) mass is 360 g/mol. The highest BCUT2D eigenvalue weighted by Crippen LogP contribution is 2.68. The molecule has 4 nitrogen and oxygen atoms in total. The molecule has 0 radical (unpaired) electrons. The summed E-state index contributed by atoms with van der Waals surface area (Å²) in [4.78, 5) is 24.9. The Labute approximate surface area is 158 Å². The van der Waals surface area contributed by atoms with E-state index in [1.807, 2.05) is 20.8 Å². The summed E-state index contributed by atoms with van der Waals surface area (Å²) in [6, 6.07) is 0. The summed E-state index contributed by atoms with van der Waals surface area (Å²) in [5.41, 5.74) is 0.0170. The largest absolute Gasteiger partial charge is 0.351 e. The second-order valence-electron chi connectivity index (χ2n) is 11.6. The average molecular weight is 361 g/mol. The van der Waals surface area contributed by atoms with Gasteiger partial charge in [-0.05, 0) is 103 Å². The standard InChI is InChI=1S/C22H36N2O2/c1-20(2,3)23-19(26)17-12-22(17)10-13(11-22)9-21(4,5)24-18(25)16-8-15(16)14-6-7-14/h13-17H,6-12H2,1-5H3,(H,23,26)(H,24,25)/t13?,15-,16+,17-,22?/m1/s1. The first-order valence-electron chi connectivity index (χ1n) is 10.6. The Balaban J connectivity index is 1.20. The second-order valence-corrected chi connectivity index (χ2v) is 11.6. The fourth-order valence-corrected chi connectivity index (χ4v) is 5.62. The van der Waals surface area contributed by atoms with Gasteiger partial charge in [0.1, 0.15) is 0 Å². The van der Waals surface area contributed by atoms with E-state index in [9.17, 15) is 9.59 Å². The lowest BCUT2D eigenvalue weighted by Gasteiger charge is -2.42. The molecular formula is C22H36N2O2. The molecule has 1 spiro atoms. The van der Waals surface area contributed by atoms with Crippen LogP contribution in [0.1, 0.15) is 79.6 Å². The minimum atomic E-state index is -0.141. The van der Waals surface area contributed by atoms with Crippen LogP contribution < -0.4 is 10.6 Å². The quantitative estimate of drug-likeness (QED) is 0.760. The maximum Gasteiger partial charge on any atom is 0.224 e. The molecule has 0 heterocycles. The summed E-state index contributed by atoms with van der Waals surface area (Å²) in [6.07, 6.45) is 8.20. The van der Waals surface area contributed by atoms with E-state index in [0.29, 0.717) is 17.8 Å². The van der Waals surface area contributed by atoms with E-state index in [1.54, 1.807) is 0 Å². The first-order chi connectivity index (χ1) is 12.0. The molecule has 0 aliphatic heterocycles. The van der Waals surface area contributed by atoms with E-state index in [-0.39, 0.29) is 34.2 Å². The van der Waals surface area contributed by atoms with Crippen molar-refractivity contribution in [2.75, 3.05) is 0 Å². The Bertz CT molecular complexity index is 608. The van der Waals surface area contributed by atoms with Gasteiger partial charge in [-0.25, -0.2) is 0 Å². The third-order valence-corrected chi connectivity index (χ3v) is 7.06. The second kappa shape index (κ2) is 5.72. The summed E-state index contributed by atoms with van der Waals surface area (Å²) < 4.78 is 0. The van der Waals surface area contributed by atoms with Crippen LogP contribution in [0.3, 0.4) is 0 Å². The SMILES string of the molecule is CC(C)(C)NC(=O)[C@H]1CC12CC(CC(C)(C)NC(=O)[C@H]1C[C@@H]1C1CC1)C2. The van der Waals surface area contributed by atoms with Gasteiger partial charge >= 0.3 is 0 Å². The number of carbonyl (C=O) groups excluding carboxylic acids is 2. The number of nitrogens with one attached hydrogen (secondary N) is 2. The molecule has 0 bridgehead atoms. The van der Waals surface area contributed by atoms with Gasteiger partial charge in [0, 0.05) is 22.9 Å². The van der Waals surface area contributed by atoms with Crippen LogP contribution >= 0.6 is 0 Å². The van der Waals surface area contributed by atoms with Crippen LogP contribution in [-0.2, 0) is 9.59 Å². The van der Waals surface area contributed by atoms with Gasteiger partial charge in [0.25, 0.3) is 0 Å². The fraction of sp³-hybridized carbons (Fsp3) is 0.909. The number of carbonyl (C=O) groups is 2. The smallest absolute Gasteiger partial charge is 0.224 e. The van der Waals surface area contributed by atoms with Gasteiger partial charge in [0.05, 0.1) is 0 Å². The Hall–Kier alpha value is -1.06. The lowest BCUT2D eigenvalue weighted by molar-refractivity contribution is -0.125. The molecule has 4 aliphatic rings. The fourth-order valence-electron chi connectivity index (χ4n) is 5.62. The van der Waals surface area contributed by atoms with Crippen LogP contribution in [0.15, 0.2) is 0 Å². The molecule has 4 fully saturated rings. The summed E-state index contributed by atoms with van der Waals surface area (Å²) in [7, 11) is 0. The van der Waals surface area contributed by atoms with Crippen molar-refractivity contribution in [1.82, 2.24) is 10.6 Å².